The van der Waals surface area contributed by atoms with Crippen molar-refractivity contribution < 1.29 is 25.5 Å². The minimum absolute atomic E-state index is 0.149. The Kier molecular flexibility index (Phi) is 5.39. The van der Waals surface area contributed by atoms with Gasteiger partial charge in [-0.2, -0.15) is 0 Å². The summed E-state index contributed by atoms with van der Waals surface area (Å²) in [6.45, 7) is -0.568. The van der Waals surface area contributed by atoms with Crippen LogP contribution in [0.15, 0.2) is 12.4 Å². The lowest BCUT2D eigenvalue weighted by Gasteiger charge is -2.14. The molecule has 1 aromatic rings. The molecule has 1 aromatic heterocycles. The predicted octanol–water partition coefficient (Wildman–Crippen LogP) is -1.89. The Hall–Kier alpha value is -1.12. The molecule has 0 saturated heterocycles. The van der Waals surface area contributed by atoms with E-state index in [0.717, 1.165) is 0 Å². The van der Waals surface area contributed by atoms with E-state index in [4.69, 9.17) is 15.3 Å². The summed E-state index contributed by atoms with van der Waals surface area (Å²) in [5.41, 5.74) is 0.701. The molecular weight excluding hydrogens is 228 g/mol. The van der Waals surface area contributed by atoms with Crippen LogP contribution in [0, 0.1) is 0 Å². The fourth-order valence-corrected chi connectivity index (χ4v) is 1.22. The Balaban J connectivity index is 2.61. The molecule has 0 aliphatic rings. The van der Waals surface area contributed by atoms with Gasteiger partial charge in [-0.05, 0) is 6.42 Å². The van der Waals surface area contributed by atoms with Gasteiger partial charge in [0.1, 0.15) is 12.2 Å². The molecule has 0 bridgehead atoms. The highest BCUT2D eigenvalue weighted by molar-refractivity contribution is 5.06. The highest BCUT2D eigenvalue weighted by Crippen LogP contribution is 2.13. The lowest BCUT2D eigenvalue weighted by Crippen LogP contribution is -2.23. The predicted molar refractivity (Wildman–Crippen MR) is 56.6 cm³/mol. The summed E-state index contributed by atoms with van der Waals surface area (Å²) in [5, 5.41) is 44.7. The highest BCUT2D eigenvalue weighted by atomic mass is 16.5. The van der Waals surface area contributed by atoms with Gasteiger partial charge in [0.05, 0.1) is 24.2 Å². The van der Waals surface area contributed by atoms with Crippen molar-refractivity contribution in [2.75, 3.05) is 6.61 Å². The van der Waals surface area contributed by atoms with Gasteiger partial charge in [-0.25, -0.2) is 0 Å². The molecule has 7 nitrogen and oxygen atoms in total. The van der Waals surface area contributed by atoms with Crippen LogP contribution in [-0.4, -0.2) is 54.5 Å². The van der Waals surface area contributed by atoms with Crippen LogP contribution < -0.4 is 0 Å². The van der Waals surface area contributed by atoms with E-state index in [9.17, 15) is 10.2 Å². The Bertz CT molecular complexity index is 330. The van der Waals surface area contributed by atoms with Gasteiger partial charge in [0, 0.05) is 12.6 Å². The third-order valence-electron chi connectivity index (χ3n) is 2.24. The van der Waals surface area contributed by atoms with E-state index >= 15 is 0 Å². The Morgan fingerprint density at radius 3 is 2.24 bits per heavy atom. The van der Waals surface area contributed by atoms with Gasteiger partial charge in [-0.15, -0.1) is 0 Å². The van der Waals surface area contributed by atoms with E-state index in [-0.39, 0.29) is 12.1 Å². The highest BCUT2D eigenvalue weighted by Gasteiger charge is 2.18. The van der Waals surface area contributed by atoms with Gasteiger partial charge in [-0.1, -0.05) is 0 Å². The molecule has 0 aliphatic carbocycles. The Morgan fingerprint density at radius 2 is 1.76 bits per heavy atom. The molecule has 1 rings (SSSR count). The van der Waals surface area contributed by atoms with Crippen LogP contribution in [-0.2, 0) is 6.42 Å². The first-order valence-corrected chi connectivity index (χ1v) is 5.18. The Morgan fingerprint density at radius 1 is 1.06 bits per heavy atom. The summed E-state index contributed by atoms with van der Waals surface area (Å²) in [5.74, 6) is 0. The number of aliphatic hydroxyl groups is 5. The van der Waals surface area contributed by atoms with Crippen LogP contribution in [0.2, 0.25) is 0 Å². The normalized spacial score (nSPS) is 14.9. The van der Waals surface area contributed by atoms with E-state index in [1.54, 1.807) is 0 Å². The molecule has 0 radical (unpaired) electrons. The summed E-state index contributed by atoms with van der Waals surface area (Å²) < 4.78 is 0. The summed E-state index contributed by atoms with van der Waals surface area (Å²) in [6, 6.07) is 0. The summed E-state index contributed by atoms with van der Waals surface area (Å²) >= 11 is 0. The van der Waals surface area contributed by atoms with Gasteiger partial charge in [0.15, 0.2) is 6.29 Å². The molecule has 0 amide bonds. The third-order valence-corrected chi connectivity index (χ3v) is 2.24. The molecule has 5 N–H and O–H groups in total. The number of aliphatic hydroxyl groups excluding tert-OH is 4. The zero-order valence-electron chi connectivity index (χ0n) is 9.14. The molecule has 0 fully saturated rings. The van der Waals surface area contributed by atoms with Crippen molar-refractivity contribution in [3.8, 4) is 0 Å². The number of nitrogens with zero attached hydrogens (tertiary/aromatic N) is 2. The summed E-state index contributed by atoms with van der Waals surface area (Å²) in [4.78, 5) is 7.83. The summed E-state index contributed by atoms with van der Waals surface area (Å²) in [7, 11) is 0. The van der Waals surface area contributed by atoms with Crippen molar-refractivity contribution in [2.45, 2.75) is 31.3 Å². The molecule has 0 saturated carbocycles. The van der Waals surface area contributed by atoms with Crippen LogP contribution in [0.1, 0.15) is 23.9 Å². The number of rotatable bonds is 6. The molecule has 1 heterocycles. The topological polar surface area (TPSA) is 127 Å². The molecule has 0 aromatic carbocycles. The second-order valence-corrected chi connectivity index (χ2v) is 3.65. The van der Waals surface area contributed by atoms with Crippen molar-refractivity contribution in [3.63, 3.8) is 0 Å². The number of hydrogen-bond donors (Lipinski definition) is 5. The van der Waals surface area contributed by atoms with E-state index < -0.39 is 25.1 Å². The largest absolute Gasteiger partial charge is 0.394 e. The monoisotopic (exact) mass is 244 g/mol. The van der Waals surface area contributed by atoms with Crippen LogP contribution in [0.3, 0.4) is 0 Å². The molecular formula is C10H16N2O5. The SMILES string of the molecule is OCC(O)C(O)c1cnc(CCC(O)O)cn1. The van der Waals surface area contributed by atoms with Gasteiger partial charge < -0.3 is 25.5 Å². The van der Waals surface area contributed by atoms with E-state index in [1.165, 1.54) is 12.4 Å². The fraction of sp³-hybridized carbons (Fsp3) is 0.600. The van der Waals surface area contributed by atoms with Crippen LogP contribution in [0.5, 0.6) is 0 Å². The molecule has 17 heavy (non-hydrogen) atoms. The van der Waals surface area contributed by atoms with Gasteiger partial charge in [0.2, 0.25) is 0 Å². The second-order valence-electron chi connectivity index (χ2n) is 3.65. The quantitative estimate of drug-likeness (QED) is 0.370. The van der Waals surface area contributed by atoms with Crippen molar-refractivity contribution in [2.24, 2.45) is 0 Å². The Labute approximate surface area is 98.0 Å². The van der Waals surface area contributed by atoms with Gasteiger partial charge >= 0.3 is 0 Å². The molecule has 96 valence electrons. The first-order valence-electron chi connectivity index (χ1n) is 5.18. The van der Waals surface area contributed by atoms with E-state index in [0.29, 0.717) is 12.1 Å². The standard InChI is InChI=1S/C10H16N2O5/c13-5-8(14)10(17)7-4-11-6(3-12-7)1-2-9(15)16/h3-4,8-10,13-17H,1-2,5H2. The first kappa shape index (κ1) is 13.9. The van der Waals surface area contributed by atoms with Crippen LogP contribution in [0.25, 0.3) is 0 Å². The molecule has 2 unspecified atom stereocenters. The smallest absolute Gasteiger partial charge is 0.151 e. The van der Waals surface area contributed by atoms with Crippen molar-refractivity contribution in [1.82, 2.24) is 9.97 Å². The second kappa shape index (κ2) is 6.58. The maximum Gasteiger partial charge on any atom is 0.151 e. The first-order chi connectivity index (χ1) is 8.04. The van der Waals surface area contributed by atoms with Gasteiger partial charge in [0.25, 0.3) is 0 Å². The average Bonchev–Trinajstić information content (AvgIpc) is 2.35. The molecule has 2 atom stereocenters. The third kappa shape index (κ3) is 4.33. The molecule has 0 spiro atoms. The number of aryl methyl sites for hydroxylation is 1. The van der Waals surface area contributed by atoms with Gasteiger partial charge in [-0.3, -0.25) is 9.97 Å². The van der Waals surface area contributed by atoms with E-state index in [1.807, 2.05) is 0 Å². The van der Waals surface area contributed by atoms with Crippen LogP contribution >= 0.6 is 0 Å². The van der Waals surface area contributed by atoms with E-state index in [2.05, 4.69) is 9.97 Å². The minimum Gasteiger partial charge on any atom is -0.394 e. The maximum absolute atomic E-state index is 9.51. The average molecular weight is 244 g/mol. The van der Waals surface area contributed by atoms with Crippen LogP contribution in [0.4, 0.5) is 0 Å². The maximum atomic E-state index is 9.51. The fourth-order valence-electron chi connectivity index (χ4n) is 1.22. The van der Waals surface area contributed by atoms with Crippen molar-refractivity contribution >= 4 is 0 Å². The lowest BCUT2D eigenvalue weighted by molar-refractivity contribution is -0.0448. The minimum atomic E-state index is -1.39. The number of hydrogen-bond acceptors (Lipinski definition) is 7. The zero-order valence-corrected chi connectivity index (χ0v) is 9.14. The molecule has 0 aliphatic heterocycles. The summed E-state index contributed by atoms with van der Waals surface area (Å²) in [6.07, 6.45) is -0.815. The van der Waals surface area contributed by atoms with Crippen molar-refractivity contribution in [1.29, 1.82) is 0 Å². The zero-order chi connectivity index (χ0) is 12.8. The lowest BCUT2D eigenvalue weighted by atomic mass is 10.1. The van der Waals surface area contributed by atoms with Crippen molar-refractivity contribution in [3.05, 3.63) is 23.8 Å². The molecule has 7 heteroatoms. The number of aromatic nitrogens is 2.